The van der Waals surface area contributed by atoms with Crippen LogP contribution in [0.2, 0.25) is 0 Å². The van der Waals surface area contributed by atoms with Crippen LogP contribution in [-0.4, -0.2) is 29.8 Å². The van der Waals surface area contributed by atoms with Gasteiger partial charge in [-0.2, -0.15) is 0 Å². The first-order valence-corrected chi connectivity index (χ1v) is 5.07. The maximum absolute atomic E-state index is 5.49. The van der Waals surface area contributed by atoms with Crippen molar-refractivity contribution in [1.29, 1.82) is 0 Å². The minimum atomic E-state index is 0.662. The number of methoxy groups -OCH3 is 1. The van der Waals surface area contributed by atoms with E-state index in [9.17, 15) is 0 Å². The van der Waals surface area contributed by atoms with E-state index in [1.165, 1.54) is 0 Å². The standard InChI is InChI=1S/C10H19N3O/c1-14-9-3-2-7-13-8-6-12-10(13)4-5-11/h6,8H,2-5,7,9,11H2,1H3. The predicted octanol–water partition coefficient (Wildman–Crippen LogP) is 0.811. The van der Waals surface area contributed by atoms with Gasteiger partial charge in [0.15, 0.2) is 0 Å². The molecule has 80 valence electrons. The Balaban J connectivity index is 2.30. The molecule has 0 saturated heterocycles. The first kappa shape index (κ1) is 11.2. The van der Waals surface area contributed by atoms with Crippen molar-refractivity contribution in [3.8, 4) is 0 Å². The molecule has 1 heterocycles. The number of nitrogens with two attached hydrogens (primary N) is 1. The van der Waals surface area contributed by atoms with Crippen molar-refractivity contribution < 1.29 is 4.74 Å². The van der Waals surface area contributed by atoms with E-state index in [1.807, 2.05) is 12.4 Å². The Morgan fingerprint density at radius 3 is 3.07 bits per heavy atom. The zero-order valence-corrected chi connectivity index (χ0v) is 8.78. The molecule has 2 N–H and O–H groups in total. The Hall–Kier alpha value is -0.870. The third kappa shape index (κ3) is 3.47. The molecular weight excluding hydrogens is 178 g/mol. The van der Waals surface area contributed by atoms with E-state index in [2.05, 4.69) is 9.55 Å². The molecule has 0 fully saturated rings. The van der Waals surface area contributed by atoms with Crippen LogP contribution in [0.4, 0.5) is 0 Å². The largest absolute Gasteiger partial charge is 0.385 e. The van der Waals surface area contributed by atoms with Crippen LogP contribution in [0.25, 0.3) is 0 Å². The Bertz CT molecular complexity index is 247. The van der Waals surface area contributed by atoms with Crippen molar-refractivity contribution in [1.82, 2.24) is 9.55 Å². The average Bonchev–Trinajstić information content (AvgIpc) is 2.61. The zero-order chi connectivity index (χ0) is 10.2. The van der Waals surface area contributed by atoms with Crippen LogP contribution >= 0.6 is 0 Å². The highest BCUT2D eigenvalue weighted by Crippen LogP contribution is 2.01. The van der Waals surface area contributed by atoms with Crippen LogP contribution in [0.15, 0.2) is 12.4 Å². The SMILES string of the molecule is COCCCCn1ccnc1CCN. The third-order valence-corrected chi connectivity index (χ3v) is 2.17. The first-order chi connectivity index (χ1) is 6.88. The summed E-state index contributed by atoms with van der Waals surface area (Å²) in [6.07, 6.45) is 6.93. The van der Waals surface area contributed by atoms with E-state index in [4.69, 9.17) is 10.5 Å². The lowest BCUT2D eigenvalue weighted by Gasteiger charge is -2.06. The average molecular weight is 197 g/mol. The van der Waals surface area contributed by atoms with Crippen molar-refractivity contribution >= 4 is 0 Å². The quantitative estimate of drug-likeness (QED) is 0.658. The van der Waals surface area contributed by atoms with Gasteiger partial charge in [-0.05, 0) is 19.4 Å². The molecule has 0 atom stereocenters. The molecule has 14 heavy (non-hydrogen) atoms. The highest BCUT2D eigenvalue weighted by molar-refractivity contribution is 4.92. The van der Waals surface area contributed by atoms with Gasteiger partial charge in [-0.25, -0.2) is 4.98 Å². The predicted molar refractivity (Wildman–Crippen MR) is 56.1 cm³/mol. The van der Waals surface area contributed by atoms with Crippen LogP contribution in [0, 0.1) is 0 Å². The Kier molecular flexibility index (Phi) is 5.25. The number of nitrogens with zero attached hydrogens (tertiary/aromatic N) is 2. The zero-order valence-electron chi connectivity index (χ0n) is 8.78. The van der Waals surface area contributed by atoms with Gasteiger partial charge >= 0.3 is 0 Å². The normalized spacial score (nSPS) is 10.7. The molecule has 1 rings (SSSR count). The van der Waals surface area contributed by atoms with Gasteiger partial charge in [0.1, 0.15) is 5.82 Å². The Morgan fingerprint density at radius 1 is 1.50 bits per heavy atom. The summed E-state index contributed by atoms with van der Waals surface area (Å²) in [5, 5.41) is 0. The van der Waals surface area contributed by atoms with Gasteiger partial charge in [0.25, 0.3) is 0 Å². The van der Waals surface area contributed by atoms with Gasteiger partial charge in [-0.15, -0.1) is 0 Å². The fourth-order valence-electron chi connectivity index (χ4n) is 1.43. The lowest BCUT2D eigenvalue weighted by Crippen LogP contribution is -2.10. The van der Waals surface area contributed by atoms with Crippen molar-refractivity contribution in [2.75, 3.05) is 20.3 Å². The van der Waals surface area contributed by atoms with Gasteiger partial charge < -0.3 is 15.0 Å². The maximum Gasteiger partial charge on any atom is 0.109 e. The minimum Gasteiger partial charge on any atom is -0.385 e. The minimum absolute atomic E-state index is 0.662. The molecule has 0 aliphatic heterocycles. The fourth-order valence-corrected chi connectivity index (χ4v) is 1.43. The molecule has 1 aromatic rings. The molecule has 0 aliphatic carbocycles. The monoisotopic (exact) mass is 197 g/mol. The summed E-state index contributed by atoms with van der Waals surface area (Å²) < 4.78 is 7.16. The molecule has 0 radical (unpaired) electrons. The van der Waals surface area contributed by atoms with Crippen molar-refractivity contribution in [3.05, 3.63) is 18.2 Å². The smallest absolute Gasteiger partial charge is 0.109 e. The lowest BCUT2D eigenvalue weighted by molar-refractivity contribution is 0.191. The fraction of sp³-hybridized carbons (Fsp3) is 0.700. The highest BCUT2D eigenvalue weighted by atomic mass is 16.5. The van der Waals surface area contributed by atoms with Crippen molar-refractivity contribution in [3.63, 3.8) is 0 Å². The molecule has 1 aromatic heterocycles. The molecule has 0 unspecified atom stereocenters. The van der Waals surface area contributed by atoms with Crippen LogP contribution in [0.3, 0.4) is 0 Å². The van der Waals surface area contributed by atoms with Crippen molar-refractivity contribution in [2.24, 2.45) is 5.73 Å². The lowest BCUT2D eigenvalue weighted by atomic mass is 10.3. The number of rotatable bonds is 7. The number of aryl methyl sites for hydroxylation is 1. The molecular formula is C10H19N3O. The number of hydrogen-bond acceptors (Lipinski definition) is 3. The summed E-state index contributed by atoms with van der Waals surface area (Å²) in [4.78, 5) is 4.26. The highest BCUT2D eigenvalue weighted by Gasteiger charge is 2.00. The number of imidazole rings is 1. The number of ether oxygens (including phenoxy) is 1. The van der Waals surface area contributed by atoms with Crippen LogP contribution < -0.4 is 5.73 Å². The Labute approximate surface area is 85.1 Å². The summed E-state index contributed by atoms with van der Waals surface area (Å²) in [5.41, 5.74) is 5.49. The molecule has 0 amide bonds. The van der Waals surface area contributed by atoms with Crippen molar-refractivity contribution in [2.45, 2.75) is 25.8 Å². The molecule has 4 nitrogen and oxygen atoms in total. The maximum atomic E-state index is 5.49. The molecule has 0 bridgehead atoms. The van der Waals surface area contributed by atoms with Crippen LogP contribution in [0.5, 0.6) is 0 Å². The number of unbranched alkanes of at least 4 members (excludes halogenated alkanes) is 1. The van der Waals surface area contributed by atoms with Gasteiger partial charge in [0, 0.05) is 39.1 Å². The molecule has 0 saturated carbocycles. The topological polar surface area (TPSA) is 53.1 Å². The number of hydrogen-bond donors (Lipinski definition) is 1. The summed E-state index contributed by atoms with van der Waals surface area (Å²) in [6.45, 7) is 2.51. The van der Waals surface area contributed by atoms with E-state index >= 15 is 0 Å². The summed E-state index contributed by atoms with van der Waals surface area (Å²) >= 11 is 0. The van der Waals surface area contributed by atoms with Gasteiger partial charge in [-0.1, -0.05) is 0 Å². The van der Waals surface area contributed by atoms with E-state index in [0.29, 0.717) is 6.54 Å². The second-order valence-electron chi connectivity index (χ2n) is 3.28. The van der Waals surface area contributed by atoms with E-state index in [1.54, 1.807) is 7.11 Å². The van der Waals surface area contributed by atoms with E-state index < -0.39 is 0 Å². The molecule has 0 aliphatic rings. The van der Waals surface area contributed by atoms with E-state index in [-0.39, 0.29) is 0 Å². The van der Waals surface area contributed by atoms with Crippen LogP contribution in [0.1, 0.15) is 18.7 Å². The number of aromatic nitrogens is 2. The van der Waals surface area contributed by atoms with Gasteiger partial charge in [0.2, 0.25) is 0 Å². The Morgan fingerprint density at radius 2 is 2.36 bits per heavy atom. The molecule has 0 spiro atoms. The van der Waals surface area contributed by atoms with Gasteiger partial charge in [-0.3, -0.25) is 0 Å². The van der Waals surface area contributed by atoms with Gasteiger partial charge in [0.05, 0.1) is 0 Å². The second kappa shape index (κ2) is 6.56. The van der Waals surface area contributed by atoms with E-state index in [0.717, 1.165) is 38.2 Å². The third-order valence-electron chi connectivity index (χ3n) is 2.17. The van der Waals surface area contributed by atoms with Crippen LogP contribution in [-0.2, 0) is 17.7 Å². The molecule has 4 heteroatoms. The summed E-state index contributed by atoms with van der Waals surface area (Å²) in [5.74, 6) is 1.09. The summed E-state index contributed by atoms with van der Waals surface area (Å²) in [7, 11) is 1.73. The summed E-state index contributed by atoms with van der Waals surface area (Å²) in [6, 6.07) is 0. The first-order valence-electron chi connectivity index (χ1n) is 5.07. The molecule has 0 aromatic carbocycles. The second-order valence-corrected chi connectivity index (χ2v) is 3.28.